The van der Waals surface area contributed by atoms with Crippen molar-refractivity contribution in [2.45, 2.75) is 33.2 Å². The fourth-order valence-electron chi connectivity index (χ4n) is 0.926. The van der Waals surface area contributed by atoms with E-state index in [1.165, 1.54) is 0 Å². The third-order valence-electron chi connectivity index (χ3n) is 3.32. The minimum absolute atomic E-state index is 0.0375. The summed E-state index contributed by atoms with van der Waals surface area (Å²) >= 11 is 0. The van der Waals surface area contributed by atoms with Crippen LogP contribution in [-0.4, -0.2) is 53.0 Å². The molecule has 0 aliphatic carbocycles. The minimum Gasteiger partial charge on any atom is -0.494 e. The van der Waals surface area contributed by atoms with Gasteiger partial charge in [0.1, 0.15) is 0 Å². The van der Waals surface area contributed by atoms with Crippen LogP contribution in [0.4, 0.5) is 0 Å². The van der Waals surface area contributed by atoms with Gasteiger partial charge in [-0.3, -0.25) is 15.0 Å². The Labute approximate surface area is 114 Å². The fourth-order valence-corrected chi connectivity index (χ4v) is 0.926. The maximum absolute atomic E-state index is 11.9. The normalized spacial score (nSPS) is 13.6. The van der Waals surface area contributed by atoms with Crippen molar-refractivity contribution >= 4 is 11.6 Å². The number of aliphatic hydroxyl groups excluding tert-OH is 2. The van der Waals surface area contributed by atoms with Gasteiger partial charge in [-0.1, -0.05) is 13.8 Å². The summed E-state index contributed by atoms with van der Waals surface area (Å²) in [6, 6.07) is 0. The van der Waals surface area contributed by atoms with Crippen molar-refractivity contribution in [2.24, 2.45) is 5.41 Å². The van der Waals surface area contributed by atoms with Crippen LogP contribution in [0, 0.1) is 10.8 Å². The van der Waals surface area contributed by atoms with Crippen molar-refractivity contribution in [1.82, 2.24) is 10.2 Å². The number of hydrogen-bond acceptors (Lipinski definition) is 5. The summed E-state index contributed by atoms with van der Waals surface area (Å²) in [7, 11) is 3.52. The standard InChI is InChI=1S/C13H25N3O3/c1-12(2,8-17)9(14)7-10(18)15-11(19)13(3,4)16(5)6/h7,14,17-18H,8H2,1-6H3,(H,15,19)/b10-7-,14-9?. The zero-order valence-corrected chi connectivity index (χ0v) is 12.5. The molecule has 0 rings (SSSR count). The number of likely N-dealkylation sites (N-methyl/N-ethyl adjacent to an activating group) is 1. The minimum atomic E-state index is -0.781. The molecule has 0 aromatic heterocycles. The van der Waals surface area contributed by atoms with Crippen LogP contribution in [0.2, 0.25) is 0 Å². The molecule has 0 atom stereocenters. The van der Waals surface area contributed by atoms with Gasteiger partial charge in [-0.15, -0.1) is 0 Å². The SMILES string of the molecule is CN(C)C(C)(C)C(=O)N/C(O)=C/C(=N)C(C)(C)CO. The van der Waals surface area contributed by atoms with Crippen LogP contribution in [0.5, 0.6) is 0 Å². The average Bonchev–Trinajstić information content (AvgIpc) is 2.28. The zero-order valence-electron chi connectivity index (χ0n) is 12.5. The van der Waals surface area contributed by atoms with Gasteiger partial charge < -0.3 is 15.6 Å². The highest BCUT2D eigenvalue weighted by Gasteiger charge is 2.30. The van der Waals surface area contributed by atoms with E-state index >= 15 is 0 Å². The van der Waals surface area contributed by atoms with Crippen LogP contribution in [-0.2, 0) is 4.79 Å². The lowest BCUT2D eigenvalue weighted by Gasteiger charge is -2.30. The van der Waals surface area contributed by atoms with Gasteiger partial charge in [-0.25, -0.2) is 0 Å². The molecule has 0 aromatic rings. The molecule has 0 fully saturated rings. The second-order valence-corrected chi connectivity index (χ2v) is 5.89. The number of nitrogens with zero attached hydrogens (tertiary/aromatic N) is 1. The molecule has 6 heteroatoms. The number of allylic oxidation sites excluding steroid dienone is 1. The van der Waals surface area contributed by atoms with Crippen molar-refractivity contribution in [1.29, 1.82) is 5.41 Å². The maximum Gasteiger partial charge on any atom is 0.246 e. The maximum atomic E-state index is 11.9. The first-order valence-electron chi connectivity index (χ1n) is 6.04. The second-order valence-electron chi connectivity index (χ2n) is 5.89. The molecule has 4 N–H and O–H groups in total. The van der Waals surface area contributed by atoms with E-state index in [1.807, 2.05) is 0 Å². The lowest BCUT2D eigenvalue weighted by Crippen LogP contribution is -2.51. The summed E-state index contributed by atoms with van der Waals surface area (Å²) in [6.07, 6.45) is 1.14. The number of hydrogen-bond donors (Lipinski definition) is 4. The van der Waals surface area contributed by atoms with Crippen molar-refractivity contribution in [3.8, 4) is 0 Å². The van der Waals surface area contributed by atoms with Crippen LogP contribution in [0.25, 0.3) is 0 Å². The summed E-state index contributed by atoms with van der Waals surface area (Å²) in [5, 5.41) is 28.9. The number of carbonyl (C=O) groups is 1. The van der Waals surface area contributed by atoms with Crippen LogP contribution in [0.3, 0.4) is 0 Å². The molecule has 0 heterocycles. The molecule has 0 spiro atoms. The highest BCUT2D eigenvalue weighted by Crippen LogP contribution is 2.17. The van der Waals surface area contributed by atoms with Crippen LogP contribution in [0.1, 0.15) is 27.7 Å². The molecule has 0 aliphatic heterocycles. The van der Waals surface area contributed by atoms with Gasteiger partial charge in [-0.05, 0) is 27.9 Å². The summed E-state index contributed by atoms with van der Waals surface area (Å²) in [6.45, 7) is 6.57. The molecule has 0 saturated carbocycles. The smallest absolute Gasteiger partial charge is 0.246 e. The third kappa shape index (κ3) is 4.65. The molecule has 1 amide bonds. The van der Waals surface area contributed by atoms with Gasteiger partial charge in [0.2, 0.25) is 5.91 Å². The lowest BCUT2D eigenvalue weighted by molar-refractivity contribution is -0.130. The Balaban J connectivity index is 4.85. The van der Waals surface area contributed by atoms with E-state index in [0.29, 0.717) is 0 Å². The molecule has 0 aromatic carbocycles. The van der Waals surface area contributed by atoms with E-state index < -0.39 is 16.8 Å². The number of aliphatic hydroxyl groups is 2. The highest BCUT2D eigenvalue weighted by atomic mass is 16.3. The Morgan fingerprint density at radius 3 is 2.16 bits per heavy atom. The molecule has 110 valence electrons. The predicted octanol–water partition coefficient (Wildman–Crippen LogP) is 0.880. The van der Waals surface area contributed by atoms with Gasteiger partial charge in [0.25, 0.3) is 0 Å². The van der Waals surface area contributed by atoms with E-state index in [0.717, 1.165) is 6.08 Å². The molecule has 0 saturated heterocycles. The summed E-state index contributed by atoms with van der Waals surface area (Å²) < 4.78 is 0. The predicted molar refractivity (Wildman–Crippen MR) is 75.2 cm³/mol. The van der Waals surface area contributed by atoms with Crippen molar-refractivity contribution in [2.75, 3.05) is 20.7 Å². The first-order chi connectivity index (χ1) is 8.45. The summed E-state index contributed by atoms with van der Waals surface area (Å²) in [4.78, 5) is 13.7. The van der Waals surface area contributed by atoms with E-state index in [2.05, 4.69) is 5.32 Å². The quantitative estimate of drug-likeness (QED) is 0.426. The topological polar surface area (TPSA) is 96.7 Å². The largest absolute Gasteiger partial charge is 0.494 e. The molecular weight excluding hydrogens is 246 g/mol. The molecule has 0 radical (unpaired) electrons. The summed E-state index contributed by atoms with van der Waals surface area (Å²) in [5.74, 6) is -0.771. The molecule has 19 heavy (non-hydrogen) atoms. The highest BCUT2D eigenvalue weighted by molar-refractivity contribution is 5.97. The number of carbonyl (C=O) groups excluding carboxylic acids is 1. The van der Waals surface area contributed by atoms with Gasteiger partial charge in [0.15, 0.2) is 5.88 Å². The monoisotopic (exact) mass is 271 g/mol. The number of amides is 1. The average molecular weight is 271 g/mol. The molecule has 0 aliphatic rings. The van der Waals surface area contributed by atoms with Crippen LogP contribution < -0.4 is 5.32 Å². The van der Waals surface area contributed by atoms with Crippen molar-refractivity contribution in [3.63, 3.8) is 0 Å². The Hall–Kier alpha value is -1.40. The van der Waals surface area contributed by atoms with E-state index in [9.17, 15) is 9.90 Å². The van der Waals surface area contributed by atoms with Crippen LogP contribution >= 0.6 is 0 Å². The zero-order chi connectivity index (χ0) is 15.4. The van der Waals surface area contributed by atoms with Gasteiger partial charge >= 0.3 is 0 Å². The first-order valence-corrected chi connectivity index (χ1v) is 6.04. The van der Waals surface area contributed by atoms with Crippen molar-refractivity contribution in [3.05, 3.63) is 12.0 Å². The molecular formula is C13H25N3O3. The van der Waals surface area contributed by atoms with Gasteiger partial charge in [-0.2, -0.15) is 0 Å². The van der Waals surface area contributed by atoms with Crippen LogP contribution in [0.15, 0.2) is 12.0 Å². The second kappa shape index (κ2) is 6.16. The Morgan fingerprint density at radius 2 is 1.79 bits per heavy atom. The van der Waals surface area contributed by atoms with E-state index in [1.54, 1.807) is 46.7 Å². The third-order valence-corrected chi connectivity index (χ3v) is 3.32. The van der Waals surface area contributed by atoms with Crippen molar-refractivity contribution < 1.29 is 15.0 Å². The lowest BCUT2D eigenvalue weighted by atomic mass is 9.88. The first kappa shape index (κ1) is 17.6. The Morgan fingerprint density at radius 1 is 1.32 bits per heavy atom. The number of rotatable bonds is 6. The summed E-state index contributed by atoms with van der Waals surface area (Å²) in [5.41, 5.74) is -1.51. The van der Waals surface area contributed by atoms with Gasteiger partial charge in [0, 0.05) is 17.2 Å². The molecule has 0 unspecified atom stereocenters. The van der Waals surface area contributed by atoms with E-state index in [4.69, 9.17) is 10.5 Å². The fraction of sp³-hybridized carbons (Fsp3) is 0.692. The Bertz CT molecular complexity index is 385. The Kier molecular flexibility index (Phi) is 5.71. The molecule has 0 bridgehead atoms. The van der Waals surface area contributed by atoms with E-state index in [-0.39, 0.29) is 18.2 Å². The number of nitrogens with one attached hydrogen (secondary N) is 2. The van der Waals surface area contributed by atoms with Gasteiger partial charge in [0.05, 0.1) is 12.1 Å². The molecule has 6 nitrogen and oxygen atoms in total.